The number of hydrogen-bond donors (Lipinski definition) is 1. The third kappa shape index (κ3) is 3.66. The smallest absolute Gasteiger partial charge is 0.287 e. The second-order valence-electron chi connectivity index (χ2n) is 4.33. The molecule has 0 saturated carbocycles. The zero-order valence-corrected chi connectivity index (χ0v) is 12.8. The molecule has 0 bridgehead atoms. The SMILES string of the molecule is CCCn1cc([N+](=O)[O-])cc1C(=O)Nc1cccc(Br)n1. The number of hydrogen-bond acceptors (Lipinski definition) is 4. The van der Waals surface area contributed by atoms with E-state index in [1.807, 2.05) is 6.92 Å². The van der Waals surface area contributed by atoms with Crippen molar-refractivity contribution in [3.63, 3.8) is 0 Å². The second kappa shape index (κ2) is 6.49. The van der Waals surface area contributed by atoms with Crippen molar-refractivity contribution in [2.24, 2.45) is 0 Å². The van der Waals surface area contributed by atoms with E-state index >= 15 is 0 Å². The van der Waals surface area contributed by atoms with Gasteiger partial charge in [-0.15, -0.1) is 0 Å². The highest BCUT2D eigenvalue weighted by Crippen LogP contribution is 2.18. The molecule has 1 amide bonds. The molecule has 0 fully saturated rings. The van der Waals surface area contributed by atoms with Gasteiger partial charge in [0.2, 0.25) is 0 Å². The maximum atomic E-state index is 12.2. The third-order valence-corrected chi connectivity index (χ3v) is 3.19. The number of carbonyl (C=O) groups is 1. The Labute approximate surface area is 129 Å². The highest BCUT2D eigenvalue weighted by molar-refractivity contribution is 9.10. The largest absolute Gasteiger partial charge is 0.337 e. The number of nitrogens with zero attached hydrogens (tertiary/aromatic N) is 3. The number of rotatable bonds is 5. The van der Waals surface area contributed by atoms with Gasteiger partial charge < -0.3 is 9.88 Å². The first-order chi connectivity index (χ1) is 10.0. The fourth-order valence-corrected chi connectivity index (χ4v) is 2.21. The minimum absolute atomic E-state index is 0.101. The van der Waals surface area contributed by atoms with E-state index in [9.17, 15) is 14.9 Å². The fourth-order valence-electron chi connectivity index (χ4n) is 1.87. The number of aromatic nitrogens is 2. The first kappa shape index (κ1) is 15.2. The number of amides is 1. The van der Waals surface area contributed by atoms with Gasteiger partial charge in [-0.3, -0.25) is 14.9 Å². The summed E-state index contributed by atoms with van der Waals surface area (Å²) in [7, 11) is 0. The molecule has 110 valence electrons. The number of aryl methyl sites for hydroxylation is 1. The van der Waals surface area contributed by atoms with Crippen LogP contribution < -0.4 is 5.32 Å². The minimum atomic E-state index is -0.514. The Bertz CT molecular complexity index is 684. The van der Waals surface area contributed by atoms with Crippen LogP contribution in [0.15, 0.2) is 35.1 Å². The van der Waals surface area contributed by atoms with Crippen LogP contribution in [0.25, 0.3) is 0 Å². The Kier molecular flexibility index (Phi) is 4.69. The Morgan fingerprint density at radius 3 is 2.90 bits per heavy atom. The number of carbonyl (C=O) groups excluding carboxylic acids is 1. The molecule has 0 aromatic carbocycles. The highest BCUT2D eigenvalue weighted by atomic mass is 79.9. The number of nitro groups is 1. The van der Waals surface area contributed by atoms with Crippen molar-refractivity contribution < 1.29 is 9.72 Å². The number of pyridine rings is 1. The summed E-state index contributed by atoms with van der Waals surface area (Å²) in [6, 6.07) is 6.38. The van der Waals surface area contributed by atoms with Crippen molar-refractivity contribution in [3.8, 4) is 0 Å². The lowest BCUT2D eigenvalue weighted by Crippen LogP contribution is -2.17. The first-order valence-corrected chi connectivity index (χ1v) is 7.09. The summed E-state index contributed by atoms with van der Waals surface area (Å²) in [5, 5.41) is 13.5. The van der Waals surface area contributed by atoms with Crippen LogP contribution in [-0.4, -0.2) is 20.4 Å². The topological polar surface area (TPSA) is 90.1 Å². The van der Waals surface area contributed by atoms with E-state index in [0.717, 1.165) is 6.42 Å². The van der Waals surface area contributed by atoms with Crippen LogP contribution in [0, 0.1) is 10.1 Å². The van der Waals surface area contributed by atoms with Crippen molar-refractivity contribution in [2.45, 2.75) is 19.9 Å². The fraction of sp³-hybridized carbons (Fsp3) is 0.231. The van der Waals surface area contributed by atoms with Gasteiger partial charge >= 0.3 is 0 Å². The lowest BCUT2D eigenvalue weighted by atomic mass is 10.3. The maximum absolute atomic E-state index is 12.2. The standard InChI is InChI=1S/C13H13BrN4O3/c1-2-6-17-8-9(18(20)21)7-10(17)13(19)16-12-5-3-4-11(14)15-12/h3-5,7-8H,2,6H2,1H3,(H,15,16,19). The summed E-state index contributed by atoms with van der Waals surface area (Å²) in [4.78, 5) is 26.7. The second-order valence-corrected chi connectivity index (χ2v) is 5.15. The summed E-state index contributed by atoms with van der Waals surface area (Å²) in [6.07, 6.45) is 2.13. The third-order valence-electron chi connectivity index (χ3n) is 2.75. The van der Waals surface area contributed by atoms with Crippen molar-refractivity contribution in [1.29, 1.82) is 0 Å². The molecular formula is C13H13BrN4O3. The molecule has 21 heavy (non-hydrogen) atoms. The molecule has 0 spiro atoms. The molecule has 0 aliphatic carbocycles. The monoisotopic (exact) mass is 352 g/mol. The van der Waals surface area contributed by atoms with Gasteiger partial charge in [0.25, 0.3) is 11.6 Å². The van der Waals surface area contributed by atoms with Crippen LogP contribution in [0.3, 0.4) is 0 Å². The molecule has 7 nitrogen and oxygen atoms in total. The van der Waals surface area contributed by atoms with Gasteiger partial charge in [-0.25, -0.2) is 4.98 Å². The average molecular weight is 353 g/mol. The molecule has 0 saturated heterocycles. The van der Waals surface area contributed by atoms with Gasteiger partial charge in [0.1, 0.15) is 16.1 Å². The molecule has 2 aromatic rings. The van der Waals surface area contributed by atoms with E-state index in [1.54, 1.807) is 22.8 Å². The molecule has 2 rings (SSSR count). The molecule has 1 N–H and O–H groups in total. The predicted octanol–water partition coefficient (Wildman–Crippen LogP) is 3.22. The van der Waals surface area contributed by atoms with Crippen molar-refractivity contribution >= 4 is 33.3 Å². The molecule has 0 aliphatic rings. The maximum Gasteiger partial charge on any atom is 0.287 e. The molecule has 0 aliphatic heterocycles. The van der Waals surface area contributed by atoms with Crippen LogP contribution in [0.4, 0.5) is 11.5 Å². The van der Waals surface area contributed by atoms with Gasteiger partial charge in [-0.05, 0) is 34.5 Å². The van der Waals surface area contributed by atoms with E-state index in [-0.39, 0.29) is 11.4 Å². The van der Waals surface area contributed by atoms with Crippen LogP contribution >= 0.6 is 15.9 Å². The molecule has 0 unspecified atom stereocenters. The van der Waals surface area contributed by atoms with Crippen LogP contribution in [-0.2, 0) is 6.54 Å². The zero-order chi connectivity index (χ0) is 15.4. The highest BCUT2D eigenvalue weighted by Gasteiger charge is 2.19. The number of halogens is 1. The van der Waals surface area contributed by atoms with Gasteiger partial charge in [0.05, 0.1) is 11.1 Å². The lowest BCUT2D eigenvalue weighted by molar-refractivity contribution is -0.384. The number of anilines is 1. The van der Waals surface area contributed by atoms with Crippen LogP contribution in [0.5, 0.6) is 0 Å². The molecule has 0 radical (unpaired) electrons. The van der Waals surface area contributed by atoms with E-state index in [2.05, 4.69) is 26.2 Å². The Hall–Kier alpha value is -2.22. The first-order valence-electron chi connectivity index (χ1n) is 6.29. The van der Waals surface area contributed by atoms with Crippen LogP contribution in [0.2, 0.25) is 0 Å². The molecule has 8 heteroatoms. The Balaban J connectivity index is 2.27. The summed E-state index contributed by atoms with van der Waals surface area (Å²) < 4.78 is 2.17. The predicted molar refractivity (Wildman–Crippen MR) is 81.3 cm³/mol. The summed E-state index contributed by atoms with van der Waals surface area (Å²) in [5.74, 6) is -0.0524. The molecule has 0 atom stereocenters. The average Bonchev–Trinajstić information content (AvgIpc) is 2.83. The Morgan fingerprint density at radius 1 is 1.52 bits per heavy atom. The summed E-state index contributed by atoms with van der Waals surface area (Å²) in [6.45, 7) is 2.46. The van der Waals surface area contributed by atoms with Gasteiger partial charge in [-0.1, -0.05) is 13.0 Å². The van der Waals surface area contributed by atoms with Crippen molar-refractivity contribution in [1.82, 2.24) is 9.55 Å². The molecule has 2 heterocycles. The van der Waals surface area contributed by atoms with E-state index in [1.165, 1.54) is 12.3 Å². The van der Waals surface area contributed by atoms with E-state index in [4.69, 9.17) is 0 Å². The van der Waals surface area contributed by atoms with E-state index < -0.39 is 10.8 Å². The van der Waals surface area contributed by atoms with Gasteiger partial charge in [-0.2, -0.15) is 0 Å². The molecular weight excluding hydrogens is 340 g/mol. The van der Waals surface area contributed by atoms with Crippen molar-refractivity contribution in [2.75, 3.05) is 5.32 Å². The molecule has 2 aromatic heterocycles. The summed E-state index contributed by atoms with van der Waals surface area (Å²) >= 11 is 3.21. The minimum Gasteiger partial charge on any atom is -0.337 e. The normalized spacial score (nSPS) is 10.4. The van der Waals surface area contributed by atoms with Gasteiger partial charge in [0, 0.05) is 12.6 Å². The lowest BCUT2D eigenvalue weighted by Gasteiger charge is -2.07. The number of nitrogens with one attached hydrogen (secondary N) is 1. The quantitative estimate of drug-likeness (QED) is 0.508. The van der Waals surface area contributed by atoms with Crippen molar-refractivity contribution in [3.05, 3.63) is 50.9 Å². The summed E-state index contributed by atoms with van der Waals surface area (Å²) in [5.41, 5.74) is 0.140. The Morgan fingerprint density at radius 2 is 2.29 bits per heavy atom. The van der Waals surface area contributed by atoms with Crippen LogP contribution in [0.1, 0.15) is 23.8 Å². The van der Waals surface area contributed by atoms with Gasteiger partial charge in [0.15, 0.2) is 0 Å². The van der Waals surface area contributed by atoms with E-state index in [0.29, 0.717) is 17.0 Å². The zero-order valence-electron chi connectivity index (χ0n) is 11.2.